The Morgan fingerprint density at radius 3 is 2.89 bits per heavy atom. The maximum atomic E-state index is 12.5. The molecule has 0 aliphatic carbocycles. The fourth-order valence-electron chi connectivity index (χ4n) is 3.42. The van der Waals surface area contributed by atoms with Gasteiger partial charge in [-0.2, -0.15) is 0 Å². The van der Waals surface area contributed by atoms with Crippen LogP contribution in [0.4, 0.5) is 5.69 Å². The number of fused-ring (bicyclic) bond motifs is 1. The van der Waals surface area contributed by atoms with Crippen LogP contribution in [0.2, 0.25) is 0 Å². The molecule has 5 nitrogen and oxygen atoms in total. The van der Waals surface area contributed by atoms with Crippen molar-refractivity contribution in [3.8, 4) is 11.5 Å². The number of rotatable bonds is 8. The molecular formula is C22H28N2O3S. The minimum Gasteiger partial charge on any atom is -0.494 e. The zero-order valence-electron chi connectivity index (χ0n) is 17.0. The first-order valence-corrected chi connectivity index (χ1v) is 10.8. The molecule has 0 fully saturated rings. The standard InChI is InChI=1S/C22H28N2O3S/c1-5-26-19-11-16-10-15(2)27-20(16)12-17(19)13-24(3)14-22(25)23-18-8-6-7-9-21(18)28-4/h6-9,11-12,15H,5,10,13-14H2,1-4H3,(H,23,25). The zero-order chi connectivity index (χ0) is 20.1. The van der Waals surface area contributed by atoms with E-state index < -0.39 is 0 Å². The molecule has 1 heterocycles. The van der Waals surface area contributed by atoms with Crippen LogP contribution in [0, 0.1) is 0 Å². The van der Waals surface area contributed by atoms with Crippen molar-refractivity contribution in [1.82, 2.24) is 4.90 Å². The number of amides is 1. The molecule has 0 saturated carbocycles. The number of thioether (sulfide) groups is 1. The van der Waals surface area contributed by atoms with Gasteiger partial charge in [0.05, 0.1) is 18.8 Å². The number of hydrogen-bond acceptors (Lipinski definition) is 5. The van der Waals surface area contributed by atoms with Crippen LogP contribution in [0.15, 0.2) is 41.3 Å². The molecule has 2 aromatic rings. The summed E-state index contributed by atoms with van der Waals surface area (Å²) < 4.78 is 11.7. The maximum Gasteiger partial charge on any atom is 0.238 e. The molecule has 1 aliphatic rings. The molecule has 1 amide bonds. The third kappa shape index (κ3) is 5.00. The van der Waals surface area contributed by atoms with E-state index in [4.69, 9.17) is 9.47 Å². The molecule has 1 aliphatic heterocycles. The van der Waals surface area contributed by atoms with Crippen molar-refractivity contribution in [2.45, 2.75) is 37.8 Å². The van der Waals surface area contributed by atoms with Crippen molar-refractivity contribution < 1.29 is 14.3 Å². The lowest BCUT2D eigenvalue weighted by molar-refractivity contribution is -0.117. The number of carbonyl (C=O) groups excluding carboxylic acids is 1. The fourth-order valence-corrected chi connectivity index (χ4v) is 3.98. The van der Waals surface area contributed by atoms with E-state index in [9.17, 15) is 4.79 Å². The van der Waals surface area contributed by atoms with Gasteiger partial charge in [0.15, 0.2) is 0 Å². The molecule has 0 aromatic heterocycles. The maximum absolute atomic E-state index is 12.5. The highest BCUT2D eigenvalue weighted by Crippen LogP contribution is 2.35. The summed E-state index contributed by atoms with van der Waals surface area (Å²) in [7, 11) is 1.94. The van der Waals surface area contributed by atoms with Gasteiger partial charge in [0, 0.05) is 29.0 Å². The summed E-state index contributed by atoms with van der Waals surface area (Å²) in [6.07, 6.45) is 3.10. The highest BCUT2D eigenvalue weighted by atomic mass is 32.2. The van der Waals surface area contributed by atoms with E-state index in [-0.39, 0.29) is 12.0 Å². The first kappa shape index (κ1) is 20.6. The van der Waals surface area contributed by atoms with Crippen molar-refractivity contribution in [2.75, 3.05) is 31.8 Å². The summed E-state index contributed by atoms with van der Waals surface area (Å²) in [4.78, 5) is 15.5. The summed E-state index contributed by atoms with van der Waals surface area (Å²) in [6.45, 7) is 5.57. The van der Waals surface area contributed by atoms with Crippen LogP contribution in [-0.4, -0.2) is 43.4 Å². The normalized spacial score (nSPS) is 15.2. The summed E-state index contributed by atoms with van der Waals surface area (Å²) in [5.41, 5.74) is 3.08. The number of para-hydroxylation sites is 1. The smallest absolute Gasteiger partial charge is 0.238 e. The lowest BCUT2D eigenvalue weighted by Gasteiger charge is -2.20. The Kier molecular flexibility index (Phi) is 6.86. The van der Waals surface area contributed by atoms with Gasteiger partial charge in [0.25, 0.3) is 0 Å². The Bertz CT molecular complexity index is 841. The van der Waals surface area contributed by atoms with Crippen LogP contribution in [0.1, 0.15) is 25.0 Å². The van der Waals surface area contributed by atoms with Crippen molar-refractivity contribution in [2.24, 2.45) is 0 Å². The zero-order valence-corrected chi connectivity index (χ0v) is 17.8. The van der Waals surface area contributed by atoms with Crippen molar-refractivity contribution in [3.63, 3.8) is 0 Å². The van der Waals surface area contributed by atoms with Crippen LogP contribution >= 0.6 is 11.8 Å². The third-order valence-corrected chi connectivity index (χ3v) is 5.41. The molecule has 150 valence electrons. The lowest BCUT2D eigenvalue weighted by Crippen LogP contribution is -2.30. The Morgan fingerprint density at radius 1 is 1.36 bits per heavy atom. The number of anilines is 1. The third-order valence-electron chi connectivity index (χ3n) is 4.61. The predicted octanol–water partition coefficient (Wildman–Crippen LogP) is 4.20. The van der Waals surface area contributed by atoms with E-state index >= 15 is 0 Å². The molecule has 1 N–H and O–H groups in total. The van der Waals surface area contributed by atoms with Crippen LogP contribution in [0.25, 0.3) is 0 Å². The number of benzene rings is 2. The quantitative estimate of drug-likeness (QED) is 0.673. The van der Waals surface area contributed by atoms with Gasteiger partial charge in [-0.25, -0.2) is 0 Å². The highest BCUT2D eigenvalue weighted by Gasteiger charge is 2.22. The van der Waals surface area contributed by atoms with Gasteiger partial charge in [0.1, 0.15) is 17.6 Å². The Labute approximate surface area is 171 Å². The molecule has 0 saturated heterocycles. The fraction of sp³-hybridized carbons (Fsp3) is 0.409. The average Bonchev–Trinajstić information content (AvgIpc) is 3.01. The Hall–Kier alpha value is -2.18. The minimum atomic E-state index is -0.0343. The van der Waals surface area contributed by atoms with E-state index in [1.807, 2.05) is 49.4 Å². The van der Waals surface area contributed by atoms with Gasteiger partial charge < -0.3 is 14.8 Å². The first-order valence-electron chi connectivity index (χ1n) is 9.56. The van der Waals surface area contributed by atoms with Gasteiger partial charge in [0.2, 0.25) is 5.91 Å². The molecule has 28 heavy (non-hydrogen) atoms. The summed E-state index contributed by atoms with van der Waals surface area (Å²) in [5, 5.41) is 3.01. The molecule has 1 atom stereocenters. The predicted molar refractivity (Wildman–Crippen MR) is 115 cm³/mol. The second kappa shape index (κ2) is 9.34. The molecule has 0 radical (unpaired) electrons. The van der Waals surface area contributed by atoms with Gasteiger partial charge in [-0.3, -0.25) is 9.69 Å². The highest BCUT2D eigenvalue weighted by molar-refractivity contribution is 7.98. The average molecular weight is 401 g/mol. The number of nitrogens with zero attached hydrogens (tertiary/aromatic N) is 1. The molecule has 0 bridgehead atoms. The van der Waals surface area contributed by atoms with Crippen molar-refractivity contribution in [3.05, 3.63) is 47.5 Å². The number of nitrogens with one attached hydrogen (secondary N) is 1. The van der Waals surface area contributed by atoms with Crippen LogP contribution in [0.3, 0.4) is 0 Å². The number of hydrogen-bond donors (Lipinski definition) is 1. The van der Waals surface area contributed by atoms with Gasteiger partial charge >= 0.3 is 0 Å². The van der Waals surface area contributed by atoms with Gasteiger partial charge in [-0.05, 0) is 51.4 Å². The van der Waals surface area contributed by atoms with E-state index in [1.54, 1.807) is 11.8 Å². The molecule has 2 aromatic carbocycles. The molecule has 0 spiro atoms. The number of likely N-dealkylation sites (N-methyl/N-ethyl adjacent to an activating group) is 1. The molecule has 3 rings (SSSR count). The summed E-state index contributed by atoms with van der Waals surface area (Å²) in [6, 6.07) is 12.0. The van der Waals surface area contributed by atoms with Crippen LogP contribution in [0.5, 0.6) is 11.5 Å². The number of carbonyl (C=O) groups is 1. The summed E-state index contributed by atoms with van der Waals surface area (Å²) >= 11 is 1.62. The van der Waals surface area contributed by atoms with Crippen LogP contribution in [-0.2, 0) is 17.8 Å². The first-order chi connectivity index (χ1) is 13.5. The number of ether oxygens (including phenoxy) is 2. The van der Waals surface area contributed by atoms with Crippen molar-refractivity contribution in [1.29, 1.82) is 0 Å². The second-order valence-electron chi connectivity index (χ2n) is 7.05. The second-order valence-corrected chi connectivity index (χ2v) is 7.90. The monoisotopic (exact) mass is 400 g/mol. The van der Waals surface area contributed by atoms with Gasteiger partial charge in [-0.15, -0.1) is 11.8 Å². The molecular weight excluding hydrogens is 372 g/mol. The largest absolute Gasteiger partial charge is 0.494 e. The van der Waals surface area contributed by atoms with E-state index in [1.165, 1.54) is 5.56 Å². The Balaban J connectivity index is 1.66. The Morgan fingerprint density at radius 2 is 2.14 bits per heavy atom. The SMILES string of the molecule is CCOc1cc2c(cc1CN(C)CC(=O)Nc1ccccc1SC)OC(C)C2. The van der Waals surface area contributed by atoms with Crippen LogP contribution < -0.4 is 14.8 Å². The topological polar surface area (TPSA) is 50.8 Å². The van der Waals surface area contributed by atoms with E-state index in [2.05, 4.69) is 24.4 Å². The molecule has 6 heteroatoms. The summed E-state index contributed by atoms with van der Waals surface area (Å²) in [5.74, 6) is 1.77. The van der Waals surface area contributed by atoms with E-state index in [0.717, 1.165) is 34.1 Å². The van der Waals surface area contributed by atoms with E-state index in [0.29, 0.717) is 19.7 Å². The minimum absolute atomic E-state index is 0.0343. The molecule has 1 unspecified atom stereocenters. The van der Waals surface area contributed by atoms with Crippen molar-refractivity contribution >= 4 is 23.4 Å². The lowest BCUT2D eigenvalue weighted by atomic mass is 10.1. The van der Waals surface area contributed by atoms with Gasteiger partial charge in [-0.1, -0.05) is 12.1 Å².